The van der Waals surface area contributed by atoms with Crippen LogP contribution >= 0.6 is 23.5 Å². The third kappa shape index (κ3) is 4.86. The van der Waals surface area contributed by atoms with E-state index in [1.54, 1.807) is 12.1 Å². The highest BCUT2D eigenvalue weighted by molar-refractivity contribution is 8.16. The molecule has 1 fully saturated rings. The molecule has 0 radical (unpaired) electrons. The van der Waals surface area contributed by atoms with Crippen LogP contribution < -0.4 is 0 Å². The summed E-state index contributed by atoms with van der Waals surface area (Å²) in [4.78, 5) is 24.0. The van der Waals surface area contributed by atoms with Crippen LogP contribution in [0.4, 0.5) is 4.39 Å². The molecule has 0 spiro atoms. The number of hydrogen-bond acceptors (Lipinski definition) is 5. The summed E-state index contributed by atoms with van der Waals surface area (Å²) in [7, 11) is 0. The number of esters is 1. The van der Waals surface area contributed by atoms with Crippen LogP contribution in [0.25, 0.3) is 0 Å². The van der Waals surface area contributed by atoms with Crippen molar-refractivity contribution in [2.24, 2.45) is 0 Å². The summed E-state index contributed by atoms with van der Waals surface area (Å²) in [6.07, 6.45) is 1.23. The van der Waals surface area contributed by atoms with E-state index in [0.717, 1.165) is 17.6 Å². The van der Waals surface area contributed by atoms with Crippen LogP contribution in [0.15, 0.2) is 48.5 Å². The Kier molecular flexibility index (Phi) is 6.15. The van der Waals surface area contributed by atoms with Gasteiger partial charge in [-0.05, 0) is 47.8 Å². The van der Waals surface area contributed by atoms with Crippen LogP contribution in [0.5, 0.6) is 0 Å². The van der Waals surface area contributed by atoms with Crippen molar-refractivity contribution in [2.75, 3.05) is 18.1 Å². The number of halogens is 1. The summed E-state index contributed by atoms with van der Waals surface area (Å²) in [5, 5.41) is 0. The highest BCUT2D eigenvalue weighted by Gasteiger charge is 2.17. The lowest BCUT2D eigenvalue weighted by Gasteiger charge is -2.21. The summed E-state index contributed by atoms with van der Waals surface area (Å²) in [5.74, 6) is 0.832. The lowest BCUT2D eigenvalue weighted by atomic mass is 10.1. The Morgan fingerprint density at radius 2 is 1.76 bits per heavy atom. The van der Waals surface area contributed by atoms with Gasteiger partial charge < -0.3 is 4.74 Å². The molecule has 1 heterocycles. The van der Waals surface area contributed by atoms with E-state index in [4.69, 9.17) is 4.74 Å². The number of ketones is 1. The molecular weight excluding hydrogens is 359 g/mol. The van der Waals surface area contributed by atoms with Gasteiger partial charge in [-0.2, -0.15) is 0 Å². The molecule has 130 valence electrons. The fraction of sp³-hybridized carbons (Fsp3) is 0.263. The zero-order valence-corrected chi connectivity index (χ0v) is 15.1. The topological polar surface area (TPSA) is 43.4 Å². The van der Waals surface area contributed by atoms with Crippen molar-refractivity contribution in [3.63, 3.8) is 0 Å². The van der Waals surface area contributed by atoms with Crippen LogP contribution in [0.1, 0.15) is 37.3 Å². The van der Waals surface area contributed by atoms with E-state index >= 15 is 0 Å². The Labute approximate surface area is 154 Å². The molecule has 1 saturated heterocycles. The maximum Gasteiger partial charge on any atom is 0.338 e. The fourth-order valence-electron chi connectivity index (χ4n) is 2.42. The van der Waals surface area contributed by atoms with Gasteiger partial charge in [0.2, 0.25) is 0 Å². The van der Waals surface area contributed by atoms with Gasteiger partial charge in [-0.15, -0.1) is 23.5 Å². The van der Waals surface area contributed by atoms with Crippen molar-refractivity contribution in [3.8, 4) is 0 Å². The number of rotatable bonds is 5. The van der Waals surface area contributed by atoms with Gasteiger partial charge in [-0.3, -0.25) is 4.79 Å². The summed E-state index contributed by atoms with van der Waals surface area (Å²) >= 11 is 3.83. The molecule has 3 nitrogen and oxygen atoms in total. The first kappa shape index (κ1) is 18.0. The lowest BCUT2D eigenvalue weighted by Crippen LogP contribution is -2.14. The van der Waals surface area contributed by atoms with E-state index in [1.807, 2.05) is 35.7 Å². The molecule has 3 rings (SSSR count). The van der Waals surface area contributed by atoms with Crippen molar-refractivity contribution in [3.05, 3.63) is 71.0 Å². The van der Waals surface area contributed by atoms with E-state index in [9.17, 15) is 14.0 Å². The second-order valence-corrected chi connectivity index (χ2v) is 8.28. The number of ether oxygens (including phenoxy) is 1. The molecule has 0 aromatic heterocycles. The average Bonchev–Trinajstić information content (AvgIpc) is 2.66. The molecule has 0 atom stereocenters. The van der Waals surface area contributed by atoms with Crippen LogP contribution in [0, 0.1) is 5.82 Å². The zero-order valence-electron chi connectivity index (χ0n) is 13.4. The van der Waals surface area contributed by atoms with Gasteiger partial charge in [0.25, 0.3) is 0 Å². The Hall–Kier alpha value is -1.79. The number of hydrogen-bond donors (Lipinski definition) is 0. The van der Waals surface area contributed by atoms with Gasteiger partial charge in [0.05, 0.1) is 10.1 Å². The van der Waals surface area contributed by atoms with E-state index in [-0.39, 0.29) is 5.56 Å². The third-order valence-electron chi connectivity index (χ3n) is 3.73. The number of carbonyl (C=O) groups excluding carboxylic acids is 2. The standard InChI is InChI=1S/C19H17FO3S2/c20-16-4-1-3-15(11-16)17(21)12-23-18(22)13-5-7-14(8-6-13)19-24-9-2-10-25-19/h1,3-8,11,19H,2,9-10,12H2. The minimum atomic E-state index is -0.555. The number of thioether (sulfide) groups is 2. The van der Waals surface area contributed by atoms with E-state index in [1.165, 1.54) is 30.2 Å². The fourth-order valence-corrected chi connectivity index (χ4v) is 5.31. The minimum Gasteiger partial charge on any atom is -0.454 e. The molecule has 0 amide bonds. The second-order valence-electron chi connectivity index (χ2n) is 5.56. The molecule has 2 aromatic rings. The van der Waals surface area contributed by atoms with Crippen LogP contribution in [-0.2, 0) is 4.74 Å². The number of benzene rings is 2. The molecule has 0 saturated carbocycles. The van der Waals surface area contributed by atoms with Crippen molar-refractivity contribution < 1.29 is 18.7 Å². The van der Waals surface area contributed by atoms with E-state index in [2.05, 4.69) is 0 Å². The molecule has 6 heteroatoms. The largest absolute Gasteiger partial charge is 0.454 e. The van der Waals surface area contributed by atoms with Gasteiger partial charge in [0, 0.05) is 5.56 Å². The Bertz CT molecular complexity index is 756. The lowest BCUT2D eigenvalue weighted by molar-refractivity contribution is 0.0474. The van der Waals surface area contributed by atoms with Crippen molar-refractivity contribution >= 4 is 35.3 Å². The van der Waals surface area contributed by atoms with Crippen molar-refractivity contribution in [2.45, 2.75) is 11.0 Å². The Balaban J connectivity index is 1.56. The normalized spacial score (nSPS) is 14.9. The monoisotopic (exact) mass is 376 g/mol. The number of Topliss-reactive ketones (excluding diaryl/α,β-unsaturated/α-hetero) is 1. The summed E-state index contributed by atoms with van der Waals surface area (Å²) in [6, 6.07) is 12.6. The molecule has 0 bridgehead atoms. The average molecular weight is 376 g/mol. The second kappa shape index (κ2) is 8.54. The van der Waals surface area contributed by atoms with Crippen LogP contribution in [0.2, 0.25) is 0 Å². The zero-order chi connectivity index (χ0) is 17.6. The summed E-state index contributed by atoms with van der Waals surface area (Å²) in [5.41, 5.74) is 1.78. The molecule has 0 unspecified atom stereocenters. The molecule has 1 aliphatic heterocycles. The van der Waals surface area contributed by atoms with E-state index < -0.39 is 24.2 Å². The van der Waals surface area contributed by atoms with Crippen LogP contribution in [0.3, 0.4) is 0 Å². The Morgan fingerprint density at radius 1 is 1.04 bits per heavy atom. The first-order valence-corrected chi connectivity index (χ1v) is 10.0. The summed E-state index contributed by atoms with van der Waals surface area (Å²) < 4.78 is 18.6. The maximum absolute atomic E-state index is 13.1. The highest BCUT2D eigenvalue weighted by atomic mass is 32.2. The Morgan fingerprint density at radius 3 is 2.44 bits per heavy atom. The smallest absolute Gasteiger partial charge is 0.338 e. The first-order chi connectivity index (χ1) is 12.1. The molecular formula is C19H17FO3S2. The highest BCUT2D eigenvalue weighted by Crippen LogP contribution is 2.43. The quantitative estimate of drug-likeness (QED) is 0.557. The molecule has 1 aliphatic rings. The van der Waals surface area contributed by atoms with Crippen molar-refractivity contribution in [1.82, 2.24) is 0 Å². The predicted octanol–water partition coefficient (Wildman–Crippen LogP) is 4.73. The third-order valence-corrected chi connectivity index (χ3v) is 6.74. The SMILES string of the molecule is O=C(COC(=O)c1ccc(C2SCCCS2)cc1)c1cccc(F)c1. The predicted molar refractivity (Wildman–Crippen MR) is 99.7 cm³/mol. The van der Waals surface area contributed by atoms with Gasteiger partial charge in [-0.25, -0.2) is 9.18 Å². The number of carbonyl (C=O) groups is 2. The molecule has 0 aliphatic carbocycles. The van der Waals surface area contributed by atoms with Crippen LogP contribution in [-0.4, -0.2) is 29.9 Å². The summed E-state index contributed by atoms with van der Waals surface area (Å²) in [6.45, 7) is -0.404. The molecule has 2 aromatic carbocycles. The van der Waals surface area contributed by atoms with Gasteiger partial charge in [-0.1, -0.05) is 24.3 Å². The van der Waals surface area contributed by atoms with Crippen molar-refractivity contribution in [1.29, 1.82) is 0 Å². The first-order valence-electron chi connectivity index (χ1n) is 7.92. The van der Waals surface area contributed by atoms with Gasteiger partial charge in [0.15, 0.2) is 12.4 Å². The van der Waals surface area contributed by atoms with Gasteiger partial charge >= 0.3 is 5.97 Å². The molecule has 0 N–H and O–H groups in total. The molecule has 25 heavy (non-hydrogen) atoms. The minimum absolute atomic E-state index is 0.189. The van der Waals surface area contributed by atoms with E-state index in [0.29, 0.717) is 10.1 Å². The maximum atomic E-state index is 13.1. The van der Waals surface area contributed by atoms with Gasteiger partial charge in [0.1, 0.15) is 5.82 Å².